The summed E-state index contributed by atoms with van der Waals surface area (Å²) in [6.45, 7) is 1.26. The number of pyridine rings is 1. The molecular formula is C22H23N5O2S. The first-order chi connectivity index (χ1) is 14.6. The zero-order valence-electron chi connectivity index (χ0n) is 16.5. The van der Waals surface area contributed by atoms with Crippen molar-refractivity contribution in [3.8, 4) is 0 Å². The predicted molar refractivity (Wildman–Crippen MR) is 116 cm³/mol. The van der Waals surface area contributed by atoms with Crippen LogP contribution in [0.2, 0.25) is 0 Å². The number of thiazole rings is 1. The zero-order valence-corrected chi connectivity index (χ0v) is 17.3. The van der Waals surface area contributed by atoms with Crippen LogP contribution in [0.3, 0.4) is 0 Å². The van der Waals surface area contributed by atoms with E-state index >= 15 is 0 Å². The van der Waals surface area contributed by atoms with Gasteiger partial charge in [0.05, 0.1) is 16.0 Å². The third kappa shape index (κ3) is 4.33. The molecule has 0 atom stereocenters. The number of nitrogens with two attached hydrogens (primary N) is 1. The molecule has 2 amide bonds. The number of carbonyl (C=O) groups is 2. The smallest absolute Gasteiger partial charge is 0.255 e. The van der Waals surface area contributed by atoms with E-state index < -0.39 is 5.41 Å². The van der Waals surface area contributed by atoms with E-state index in [0.29, 0.717) is 43.9 Å². The molecule has 1 fully saturated rings. The minimum atomic E-state index is -0.638. The van der Waals surface area contributed by atoms with Crippen LogP contribution in [0, 0.1) is 5.41 Å². The summed E-state index contributed by atoms with van der Waals surface area (Å²) >= 11 is 1.58. The predicted octanol–water partition coefficient (Wildman–Crippen LogP) is 2.16. The van der Waals surface area contributed by atoms with Crippen molar-refractivity contribution in [1.29, 1.82) is 0 Å². The Morgan fingerprint density at radius 3 is 2.60 bits per heavy atom. The SMILES string of the molecule is Nc1ccc(C(=O)N2CC(Cc3ccccc3)(C(=O)NCCc3nccs3)C2)cn1. The van der Waals surface area contributed by atoms with Gasteiger partial charge >= 0.3 is 0 Å². The van der Waals surface area contributed by atoms with Crippen LogP contribution in [-0.4, -0.2) is 46.3 Å². The molecule has 7 nitrogen and oxygen atoms in total. The Morgan fingerprint density at radius 2 is 1.93 bits per heavy atom. The first-order valence-corrected chi connectivity index (χ1v) is 10.7. The fourth-order valence-electron chi connectivity index (χ4n) is 3.71. The molecule has 3 aromatic rings. The lowest BCUT2D eigenvalue weighted by atomic mass is 9.73. The molecule has 3 N–H and O–H groups in total. The van der Waals surface area contributed by atoms with Gasteiger partial charge in [0.2, 0.25) is 5.91 Å². The maximum absolute atomic E-state index is 13.1. The Morgan fingerprint density at radius 1 is 1.13 bits per heavy atom. The average Bonchev–Trinajstić information content (AvgIpc) is 3.24. The summed E-state index contributed by atoms with van der Waals surface area (Å²) in [5.41, 5.74) is 6.52. The minimum absolute atomic E-state index is 0.0256. The molecule has 0 saturated carbocycles. The van der Waals surface area contributed by atoms with Crippen LogP contribution in [0.15, 0.2) is 60.2 Å². The van der Waals surface area contributed by atoms with Crippen LogP contribution in [0.4, 0.5) is 5.82 Å². The molecule has 30 heavy (non-hydrogen) atoms. The van der Waals surface area contributed by atoms with Gasteiger partial charge in [-0.2, -0.15) is 0 Å². The summed E-state index contributed by atoms with van der Waals surface area (Å²) in [4.78, 5) is 35.8. The number of carbonyl (C=O) groups excluding carboxylic acids is 2. The van der Waals surface area contributed by atoms with Gasteiger partial charge in [-0.3, -0.25) is 9.59 Å². The van der Waals surface area contributed by atoms with Gasteiger partial charge in [0, 0.05) is 43.8 Å². The van der Waals surface area contributed by atoms with E-state index in [1.54, 1.807) is 34.6 Å². The van der Waals surface area contributed by atoms with E-state index in [2.05, 4.69) is 15.3 Å². The number of rotatable bonds is 7. The molecule has 1 aliphatic rings. The van der Waals surface area contributed by atoms with Crippen molar-refractivity contribution < 1.29 is 9.59 Å². The van der Waals surface area contributed by atoms with Crippen molar-refractivity contribution in [2.45, 2.75) is 12.8 Å². The van der Waals surface area contributed by atoms with E-state index in [1.165, 1.54) is 6.20 Å². The number of nitrogens with one attached hydrogen (secondary N) is 1. The number of nitrogen functional groups attached to an aromatic ring is 1. The number of nitrogens with zero attached hydrogens (tertiary/aromatic N) is 3. The lowest BCUT2D eigenvalue weighted by Gasteiger charge is -2.49. The standard InChI is InChI=1S/C22H23N5O2S/c23-18-7-6-17(13-26-18)20(28)27-14-22(15-27,12-16-4-2-1-3-5-16)21(29)25-9-8-19-24-10-11-30-19/h1-7,10-11,13H,8-9,12,14-15H2,(H2,23,26)(H,25,29). The van der Waals surface area contributed by atoms with Crippen LogP contribution >= 0.6 is 11.3 Å². The quantitative estimate of drug-likeness (QED) is 0.609. The molecule has 2 aromatic heterocycles. The van der Waals surface area contributed by atoms with Gasteiger partial charge in [-0.05, 0) is 24.1 Å². The van der Waals surface area contributed by atoms with Crippen LogP contribution in [-0.2, 0) is 17.6 Å². The Kier molecular flexibility index (Phi) is 5.76. The molecule has 4 rings (SSSR count). The molecule has 154 valence electrons. The van der Waals surface area contributed by atoms with Gasteiger partial charge in [-0.25, -0.2) is 9.97 Å². The second kappa shape index (κ2) is 8.62. The highest BCUT2D eigenvalue weighted by Gasteiger charge is 2.50. The van der Waals surface area contributed by atoms with Crippen LogP contribution in [0.5, 0.6) is 0 Å². The van der Waals surface area contributed by atoms with E-state index in [-0.39, 0.29) is 11.8 Å². The van der Waals surface area contributed by atoms with E-state index in [9.17, 15) is 9.59 Å². The number of anilines is 1. The Labute approximate surface area is 179 Å². The Hall–Kier alpha value is -3.26. The normalized spacial score (nSPS) is 14.7. The summed E-state index contributed by atoms with van der Waals surface area (Å²) in [6.07, 6.45) is 4.52. The monoisotopic (exact) mass is 421 g/mol. The van der Waals surface area contributed by atoms with Gasteiger partial charge in [-0.15, -0.1) is 11.3 Å². The second-order valence-corrected chi connectivity index (χ2v) is 8.49. The lowest BCUT2D eigenvalue weighted by Crippen LogP contribution is -2.65. The van der Waals surface area contributed by atoms with Gasteiger partial charge in [0.15, 0.2) is 0 Å². The summed E-state index contributed by atoms with van der Waals surface area (Å²) in [6, 6.07) is 13.2. The first kappa shape index (κ1) is 20.0. The molecule has 0 bridgehead atoms. The summed E-state index contributed by atoms with van der Waals surface area (Å²) in [5.74, 6) is 0.206. The summed E-state index contributed by atoms with van der Waals surface area (Å²) in [7, 11) is 0. The van der Waals surface area contributed by atoms with Crippen molar-refractivity contribution in [2.75, 3.05) is 25.4 Å². The Bertz CT molecular complexity index is 1000. The largest absolute Gasteiger partial charge is 0.384 e. The average molecular weight is 422 g/mol. The maximum Gasteiger partial charge on any atom is 0.255 e. The summed E-state index contributed by atoms with van der Waals surface area (Å²) < 4.78 is 0. The molecule has 8 heteroatoms. The highest BCUT2D eigenvalue weighted by molar-refractivity contribution is 7.09. The topological polar surface area (TPSA) is 101 Å². The molecule has 0 spiro atoms. The van der Waals surface area contributed by atoms with Gasteiger partial charge < -0.3 is 16.0 Å². The summed E-state index contributed by atoms with van der Waals surface area (Å²) in [5, 5.41) is 5.97. The molecule has 1 saturated heterocycles. The highest BCUT2D eigenvalue weighted by Crippen LogP contribution is 2.35. The Balaban J connectivity index is 1.44. The molecule has 1 aliphatic heterocycles. The van der Waals surface area contributed by atoms with Crippen molar-refractivity contribution in [2.24, 2.45) is 5.41 Å². The molecular weight excluding hydrogens is 398 g/mol. The van der Waals surface area contributed by atoms with E-state index in [0.717, 1.165) is 10.6 Å². The number of benzene rings is 1. The van der Waals surface area contributed by atoms with E-state index in [4.69, 9.17) is 5.73 Å². The van der Waals surface area contributed by atoms with Crippen molar-refractivity contribution >= 4 is 29.0 Å². The molecule has 3 heterocycles. The fourth-order valence-corrected chi connectivity index (χ4v) is 4.33. The number of hydrogen-bond donors (Lipinski definition) is 2. The zero-order chi connectivity index (χ0) is 21.0. The van der Waals surface area contributed by atoms with Crippen molar-refractivity contribution in [3.05, 3.63) is 76.4 Å². The maximum atomic E-state index is 13.1. The second-order valence-electron chi connectivity index (χ2n) is 7.51. The van der Waals surface area contributed by atoms with Crippen LogP contribution < -0.4 is 11.1 Å². The lowest BCUT2D eigenvalue weighted by molar-refractivity contribution is -0.139. The number of aromatic nitrogens is 2. The molecule has 0 unspecified atom stereocenters. The van der Waals surface area contributed by atoms with Gasteiger partial charge in [0.1, 0.15) is 5.82 Å². The van der Waals surface area contributed by atoms with Crippen LogP contribution in [0.1, 0.15) is 20.9 Å². The number of amides is 2. The third-order valence-corrected chi connectivity index (χ3v) is 6.12. The number of hydrogen-bond acceptors (Lipinski definition) is 6. The number of likely N-dealkylation sites (tertiary alicyclic amines) is 1. The first-order valence-electron chi connectivity index (χ1n) is 9.77. The van der Waals surface area contributed by atoms with Crippen molar-refractivity contribution in [1.82, 2.24) is 20.2 Å². The molecule has 0 radical (unpaired) electrons. The van der Waals surface area contributed by atoms with Crippen molar-refractivity contribution in [3.63, 3.8) is 0 Å². The molecule has 1 aromatic carbocycles. The van der Waals surface area contributed by atoms with Crippen LogP contribution in [0.25, 0.3) is 0 Å². The highest BCUT2D eigenvalue weighted by atomic mass is 32.1. The minimum Gasteiger partial charge on any atom is -0.384 e. The molecule has 0 aliphatic carbocycles. The van der Waals surface area contributed by atoms with E-state index in [1.807, 2.05) is 35.7 Å². The van der Waals surface area contributed by atoms with Gasteiger partial charge in [0.25, 0.3) is 5.91 Å². The van der Waals surface area contributed by atoms with Gasteiger partial charge in [-0.1, -0.05) is 30.3 Å². The fraction of sp³-hybridized carbons (Fsp3) is 0.273. The third-order valence-electron chi connectivity index (χ3n) is 5.28.